The van der Waals surface area contributed by atoms with Crippen molar-refractivity contribution in [2.75, 3.05) is 0 Å². The van der Waals surface area contributed by atoms with Crippen molar-refractivity contribution in [2.24, 2.45) is 0 Å². The van der Waals surface area contributed by atoms with Gasteiger partial charge in [-0.15, -0.1) is 6.58 Å². The first-order valence-corrected chi connectivity index (χ1v) is 4.50. The maximum Gasteiger partial charge on any atom is 0.253 e. The number of hydrogen-bond donors (Lipinski definition) is 0. The third-order valence-electron chi connectivity index (χ3n) is 1.59. The lowest BCUT2D eigenvalue weighted by Gasteiger charge is -2.18. The van der Waals surface area contributed by atoms with E-state index in [1.807, 2.05) is 0 Å². The third-order valence-corrected chi connectivity index (χ3v) is 2.58. The summed E-state index contributed by atoms with van der Waals surface area (Å²) in [4.78, 5) is 23.2. The molecule has 0 aromatic rings. The molecule has 1 aliphatic heterocycles. The van der Waals surface area contributed by atoms with Crippen LogP contribution in [0.25, 0.3) is 0 Å². The van der Waals surface area contributed by atoms with Crippen LogP contribution in [0, 0.1) is 0 Å². The number of rotatable bonds is 2. The van der Waals surface area contributed by atoms with E-state index >= 15 is 0 Å². The summed E-state index contributed by atoms with van der Waals surface area (Å²) in [6.45, 7) is 3.53. The van der Waals surface area contributed by atoms with Gasteiger partial charge in [0.2, 0.25) is 0 Å². The van der Waals surface area contributed by atoms with Gasteiger partial charge in [-0.05, 0) is 0 Å². The van der Waals surface area contributed by atoms with E-state index in [0.29, 0.717) is 0 Å². The Labute approximate surface area is 67.8 Å². The molecule has 1 rings (SSSR count). The van der Waals surface area contributed by atoms with Crippen LogP contribution >= 0.6 is 0 Å². The Morgan fingerprint density at radius 2 is 1.91 bits per heavy atom. The first kappa shape index (κ1) is 7.94. The zero-order valence-electron chi connectivity index (χ0n) is 6.28. The summed E-state index contributed by atoms with van der Waals surface area (Å²) in [5.74, 6) is -0.454. The van der Waals surface area contributed by atoms with Gasteiger partial charge in [0.15, 0.2) is 0 Å². The van der Waals surface area contributed by atoms with Crippen molar-refractivity contribution in [3.8, 4) is 0 Å². The minimum atomic E-state index is -0.227. The molecule has 2 amide bonds. The smallest absolute Gasteiger partial charge is 0.253 e. The van der Waals surface area contributed by atoms with Crippen molar-refractivity contribution in [1.29, 1.82) is 0 Å². The molecule has 0 radical (unpaired) electrons. The lowest BCUT2D eigenvalue weighted by atomic mass is 10.5. The van der Waals surface area contributed by atoms with Gasteiger partial charge in [0, 0.05) is 28.1 Å². The first-order valence-electron chi connectivity index (χ1n) is 3.34. The fourth-order valence-corrected chi connectivity index (χ4v) is 1.43. The van der Waals surface area contributed by atoms with Crippen LogP contribution in [0.2, 0.25) is 0 Å². The van der Waals surface area contributed by atoms with Crippen LogP contribution in [-0.2, 0) is 9.59 Å². The van der Waals surface area contributed by atoms with Gasteiger partial charge >= 0.3 is 0 Å². The second kappa shape index (κ2) is 2.83. The predicted octanol–water partition coefficient (Wildman–Crippen LogP) is -1.21. The number of carbonyl (C=O) groups is 2. The second-order valence-corrected chi connectivity index (χ2v) is 3.54. The summed E-state index contributed by atoms with van der Waals surface area (Å²) in [6, 6.07) is 0. The molecule has 4 heteroatoms. The van der Waals surface area contributed by atoms with Gasteiger partial charge in [-0.25, -0.2) is 0 Å². The number of nitrogens with zero attached hydrogens (tertiary/aromatic N) is 1. The monoisotopic (exact) mass is 167 g/mol. The molecule has 0 saturated heterocycles. The molecule has 0 aromatic heterocycles. The van der Waals surface area contributed by atoms with E-state index in [9.17, 15) is 9.59 Å². The van der Waals surface area contributed by atoms with Crippen molar-refractivity contribution in [3.63, 3.8) is 0 Å². The van der Waals surface area contributed by atoms with Gasteiger partial charge in [0.1, 0.15) is 0 Å². The number of hydrogen-bond acceptors (Lipinski definition) is 2. The molecule has 1 aliphatic rings. The Kier molecular flexibility index (Phi) is 2.05. The molecule has 0 bridgehead atoms. The average molecular weight is 167 g/mol. The minimum absolute atomic E-state index is 0.0787. The zero-order valence-corrected chi connectivity index (χ0v) is 8.28. The number of carbonyl (C=O) groups excluding carboxylic acids is 2. The Bertz CT molecular complexity index is 229. The Morgan fingerprint density at radius 1 is 1.45 bits per heavy atom. The zero-order chi connectivity index (χ0) is 8.43. The lowest BCUT2D eigenvalue weighted by Crippen LogP contribution is -2.38. The normalized spacial score (nSPS) is 19.5. The van der Waals surface area contributed by atoms with Crippen molar-refractivity contribution in [1.82, 2.24) is 4.90 Å². The van der Waals surface area contributed by atoms with Crippen molar-refractivity contribution in [2.45, 2.75) is 5.67 Å². The van der Waals surface area contributed by atoms with Gasteiger partial charge in [-0.2, -0.15) is 0 Å². The lowest BCUT2D eigenvalue weighted by molar-refractivity contribution is -0.136. The van der Waals surface area contributed by atoms with Crippen molar-refractivity contribution < 1.29 is 9.59 Å². The van der Waals surface area contributed by atoms with Crippen molar-refractivity contribution in [3.05, 3.63) is 24.8 Å². The molecule has 0 aliphatic carbocycles. The van der Waals surface area contributed by atoms with Gasteiger partial charge in [-0.3, -0.25) is 14.5 Å². The molecule has 0 N–H and O–H groups in total. The summed E-state index contributed by atoms with van der Waals surface area (Å²) >= 11 is 0. The van der Waals surface area contributed by atoms with Crippen molar-refractivity contribution >= 4 is 22.1 Å². The minimum Gasteiger partial charge on any atom is -0.273 e. The molecular formula is C7H9NO2Si. The van der Waals surface area contributed by atoms with E-state index in [0.717, 1.165) is 10.2 Å². The van der Waals surface area contributed by atoms with E-state index in [1.165, 1.54) is 17.1 Å². The highest BCUT2D eigenvalue weighted by Gasteiger charge is 2.26. The highest BCUT2D eigenvalue weighted by Crippen LogP contribution is 2.06. The highest BCUT2D eigenvalue weighted by atomic mass is 28.1. The fourth-order valence-electron chi connectivity index (χ4n) is 0.919. The van der Waals surface area contributed by atoms with Crippen LogP contribution in [0.15, 0.2) is 24.8 Å². The summed E-state index contributed by atoms with van der Waals surface area (Å²) in [5, 5.41) is 0. The van der Waals surface area contributed by atoms with Gasteiger partial charge in [0.05, 0.1) is 0 Å². The standard InChI is InChI=1S/C7H9NO2Si/c1-2-7(11)8-5(9)3-4-6(8)10/h2-4,7H,1H2,11H3. The number of imide groups is 1. The molecule has 58 valence electrons. The van der Waals surface area contributed by atoms with Crippen LogP contribution in [0.5, 0.6) is 0 Å². The SMILES string of the molecule is C=CC([SiH3])N1C(=O)C=CC1=O. The Morgan fingerprint density at radius 3 is 2.27 bits per heavy atom. The molecule has 0 spiro atoms. The van der Waals surface area contributed by atoms with E-state index in [-0.39, 0.29) is 17.5 Å². The van der Waals surface area contributed by atoms with E-state index < -0.39 is 0 Å². The molecule has 11 heavy (non-hydrogen) atoms. The van der Waals surface area contributed by atoms with Crippen LogP contribution in [0.3, 0.4) is 0 Å². The molecule has 1 unspecified atom stereocenters. The van der Waals surface area contributed by atoms with Crippen LogP contribution in [0.1, 0.15) is 0 Å². The Hall–Kier alpha value is -1.16. The quantitative estimate of drug-likeness (QED) is 0.294. The summed E-state index contributed by atoms with van der Waals surface area (Å²) < 4.78 is 0. The maximum atomic E-state index is 11.0. The molecule has 3 nitrogen and oxygen atoms in total. The van der Waals surface area contributed by atoms with Crippen LogP contribution < -0.4 is 0 Å². The topological polar surface area (TPSA) is 37.4 Å². The summed E-state index contributed by atoms with van der Waals surface area (Å²) in [7, 11) is 0.735. The molecule has 0 saturated carbocycles. The van der Waals surface area contributed by atoms with E-state index in [2.05, 4.69) is 6.58 Å². The predicted molar refractivity (Wildman–Crippen MR) is 44.9 cm³/mol. The molecular weight excluding hydrogens is 158 g/mol. The highest BCUT2D eigenvalue weighted by molar-refractivity contribution is 6.21. The summed E-state index contributed by atoms with van der Waals surface area (Å²) in [6.07, 6.45) is 4.20. The van der Waals surface area contributed by atoms with Crippen LogP contribution in [-0.4, -0.2) is 32.6 Å². The largest absolute Gasteiger partial charge is 0.273 e. The van der Waals surface area contributed by atoms with Gasteiger partial charge in [0.25, 0.3) is 11.8 Å². The molecule has 0 fully saturated rings. The fraction of sp³-hybridized carbons (Fsp3) is 0.143. The summed E-state index contributed by atoms with van der Waals surface area (Å²) in [5.41, 5.74) is -0.0787. The van der Waals surface area contributed by atoms with Gasteiger partial charge < -0.3 is 0 Å². The molecule has 1 heterocycles. The van der Waals surface area contributed by atoms with E-state index in [4.69, 9.17) is 0 Å². The van der Waals surface area contributed by atoms with Gasteiger partial charge in [-0.1, -0.05) is 6.08 Å². The van der Waals surface area contributed by atoms with E-state index in [1.54, 1.807) is 6.08 Å². The average Bonchev–Trinajstić information content (AvgIpc) is 2.30. The molecule has 1 atom stereocenters. The second-order valence-electron chi connectivity index (χ2n) is 2.36. The third kappa shape index (κ3) is 1.30. The molecule has 0 aromatic carbocycles. The number of amides is 2. The van der Waals surface area contributed by atoms with Crippen LogP contribution in [0.4, 0.5) is 0 Å². The Balaban J connectivity index is 2.81. The maximum absolute atomic E-state index is 11.0. The first-order chi connectivity index (χ1) is 5.16.